The fourth-order valence-corrected chi connectivity index (χ4v) is 1.46. The summed E-state index contributed by atoms with van der Waals surface area (Å²) in [5, 5.41) is 18.0. The van der Waals surface area contributed by atoms with Gasteiger partial charge in [0, 0.05) is 0 Å². The van der Waals surface area contributed by atoms with Crippen molar-refractivity contribution in [2.45, 2.75) is 51.1 Å². The third kappa shape index (κ3) is 3.18. The smallest absolute Gasteiger partial charge is 0.152 e. The molecule has 0 heterocycles. The summed E-state index contributed by atoms with van der Waals surface area (Å²) in [6.07, 6.45) is 2.67. The molecule has 0 aromatic carbocycles. The first-order valence-corrected chi connectivity index (χ1v) is 4.20. The normalized spacial score (nSPS) is 35.2. The van der Waals surface area contributed by atoms with Gasteiger partial charge >= 0.3 is 0 Å². The fraction of sp³-hybridized carbons (Fsp3) is 1.00. The SMILES string of the molecule is CC(O)OC1CCC(O)CC1. The number of aliphatic hydroxyl groups is 2. The molecule has 0 amide bonds. The first-order valence-electron chi connectivity index (χ1n) is 4.20. The van der Waals surface area contributed by atoms with Gasteiger partial charge in [-0.15, -0.1) is 0 Å². The summed E-state index contributed by atoms with van der Waals surface area (Å²) in [6.45, 7) is 1.62. The predicted octanol–water partition coefficient (Wildman–Crippen LogP) is 0.645. The Balaban J connectivity index is 2.17. The number of aliphatic hydroxyl groups excluding tert-OH is 2. The van der Waals surface area contributed by atoms with E-state index in [0.29, 0.717) is 0 Å². The first-order chi connectivity index (χ1) is 5.18. The fourth-order valence-electron chi connectivity index (χ4n) is 1.46. The van der Waals surface area contributed by atoms with Gasteiger partial charge in [0.05, 0.1) is 12.2 Å². The lowest BCUT2D eigenvalue weighted by atomic mass is 9.95. The third-order valence-electron chi connectivity index (χ3n) is 2.03. The quantitative estimate of drug-likeness (QED) is 0.583. The van der Waals surface area contributed by atoms with Crippen LogP contribution in [0.4, 0.5) is 0 Å². The van der Waals surface area contributed by atoms with Crippen molar-refractivity contribution in [3.05, 3.63) is 0 Å². The van der Waals surface area contributed by atoms with Gasteiger partial charge in [0.1, 0.15) is 0 Å². The second kappa shape index (κ2) is 4.04. The molecular formula is C8H16O3. The number of rotatable bonds is 2. The summed E-state index contributed by atoms with van der Waals surface area (Å²) in [6, 6.07) is 0. The number of hydrogen-bond acceptors (Lipinski definition) is 3. The minimum atomic E-state index is -0.671. The Labute approximate surface area is 67.0 Å². The van der Waals surface area contributed by atoms with Gasteiger partial charge in [0.15, 0.2) is 6.29 Å². The maximum atomic E-state index is 9.14. The van der Waals surface area contributed by atoms with E-state index in [2.05, 4.69) is 0 Å². The summed E-state index contributed by atoms with van der Waals surface area (Å²) in [7, 11) is 0. The Bertz CT molecular complexity index is 106. The topological polar surface area (TPSA) is 49.7 Å². The lowest BCUT2D eigenvalue weighted by Gasteiger charge is -2.26. The molecule has 0 bridgehead atoms. The molecule has 2 N–H and O–H groups in total. The van der Waals surface area contributed by atoms with E-state index >= 15 is 0 Å². The van der Waals surface area contributed by atoms with E-state index in [4.69, 9.17) is 14.9 Å². The summed E-state index contributed by atoms with van der Waals surface area (Å²) in [5.74, 6) is 0. The molecule has 1 atom stereocenters. The molecule has 1 saturated carbocycles. The van der Waals surface area contributed by atoms with Crippen LogP contribution in [-0.4, -0.2) is 28.7 Å². The van der Waals surface area contributed by atoms with Gasteiger partial charge in [-0.05, 0) is 32.6 Å². The Kier molecular flexibility index (Phi) is 3.30. The molecule has 0 aromatic heterocycles. The standard InChI is InChI=1S/C8H16O3/c1-6(9)11-8-4-2-7(10)3-5-8/h6-10H,2-5H2,1H3. The van der Waals surface area contributed by atoms with E-state index in [9.17, 15) is 0 Å². The van der Waals surface area contributed by atoms with Gasteiger partial charge in [-0.3, -0.25) is 0 Å². The molecular weight excluding hydrogens is 144 g/mol. The van der Waals surface area contributed by atoms with E-state index in [1.54, 1.807) is 6.92 Å². The van der Waals surface area contributed by atoms with E-state index in [0.717, 1.165) is 25.7 Å². The maximum Gasteiger partial charge on any atom is 0.152 e. The van der Waals surface area contributed by atoms with Crippen LogP contribution in [0.1, 0.15) is 32.6 Å². The molecule has 3 heteroatoms. The van der Waals surface area contributed by atoms with Crippen molar-refractivity contribution in [2.75, 3.05) is 0 Å². The summed E-state index contributed by atoms with van der Waals surface area (Å²) >= 11 is 0. The summed E-state index contributed by atoms with van der Waals surface area (Å²) < 4.78 is 5.18. The van der Waals surface area contributed by atoms with Gasteiger partial charge < -0.3 is 14.9 Å². The molecule has 1 fully saturated rings. The van der Waals surface area contributed by atoms with Crippen LogP contribution in [0.25, 0.3) is 0 Å². The van der Waals surface area contributed by atoms with Crippen molar-refractivity contribution < 1.29 is 14.9 Å². The van der Waals surface area contributed by atoms with Crippen molar-refractivity contribution in [3.63, 3.8) is 0 Å². The molecule has 0 aliphatic heterocycles. The van der Waals surface area contributed by atoms with E-state index in [-0.39, 0.29) is 12.2 Å². The number of hydrogen-bond donors (Lipinski definition) is 2. The highest BCUT2D eigenvalue weighted by Gasteiger charge is 2.20. The highest BCUT2D eigenvalue weighted by atomic mass is 16.6. The van der Waals surface area contributed by atoms with Crippen molar-refractivity contribution in [2.24, 2.45) is 0 Å². The zero-order chi connectivity index (χ0) is 8.27. The molecule has 3 nitrogen and oxygen atoms in total. The van der Waals surface area contributed by atoms with Crippen LogP contribution in [0.2, 0.25) is 0 Å². The van der Waals surface area contributed by atoms with Crippen LogP contribution >= 0.6 is 0 Å². The monoisotopic (exact) mass is 160 g/mol. The highest BCUT2D eigenvalue weighted by Crippen LogP contribution is 2.21. The van der Waals surface area contributed by atoms with Crippen LogP contribution < -0.4 is 0 Å². The average molecular weight is 160 g/mol. The average Bonchev–Trinajstić information content (AvgIpc) is 1.93. The zero-order valence-electron chi connectivity index (χ0n) is 6.86. The molecule has 0 spiro atoms. The highest BCUT2D eigenvalue weighted by molar-refractivity contribution is 4.71. The van der Waals surface area contributed by atoms with Crippen molar-refractivity contribution in [1.82, 2.24) is 0 Å². The Hall–Kier alpha value is -0.120. The predicted molar refractivity (Wildman–Crippen MR) is 41.0 cm³/mol. The molecule has 1 aliphatic carbocycles. The van der Waals surface area contributed by atoms with Gasteiger partial charge in [-0.1, -0.05) is 0 Å². The minimum Gasteiger partial charge on any atom is -0.393 e. The Morgan fingerprint density at radius 1 is 1.27 bits per heavy atom. The van der Waals surface area contributed by atoms with E-state index in [1.807, 2.05) is 0 Å². The molecule has 0 radical (unpaired) electrons. The van der Waals surface area contributed by atoms with E-state index in [1.165, 1.54) is 0 Å². The second-order valence-electron chi connectivity index (χ2n) is 3.17. The lowest BCUT2D eigenvalue weighted by Crippen LogP contribution is -2.27. The Morgan fingerprint density at radius 3 is 2.27 bits per heavy atom. The van der Waals surface area contributed by atoms with Gasteiger partial charge in [-0.25, -0.2) is 0 Å². The maximum absolute atomic E-state index is 9.14. The molecule has 0 saturated heterocycles. The third-order valence-corrected chi connectivity index (χ3v) is 2.03. The minimum absolute atomic E-state index is 0.149. The van der Waals surface area contributed by atoms with Crippen molar-refractivity contribution >= 4 is 0 Å². The molecule has 66 valence electrons. The molecule has 1 rings (SSSR count). The molecule has 1 unspecified atom stereocenters. The lowest BCUT2D eigenvalue weighted by molar-refractivity contribution is -0.138. The molecule has 11 heavy (non-hydrogen) atoms. The van der Waals surface area contributed by atoms with Crippen LogP contribution in [-0.2, 0) is 4.74 Å². The first kappa shape index (κ1) is 8.97. The zero-order valence-corrected chi connectivity index (χ0v) is 6.86. The van der Waals surface area contributed by atoms with Crippen LogP contribution in [0.3, 0.4) is 0 Å². The van der Waals surface area contributed by atoms with Crippen LogP contribution in [0, 0.1) is 0 Å². The molecule has 1 aliphatic rings. The van der Waals surface area contributed by atoms with Gasteiger partial charge in [-0.2, -0.15) is 0 Å². The van der Waals surface area contributed by atoms with Gasteiger partial charge in [0.25, 0.3) is 0 Å². The van der Waals surface area contributed by atoms with Crippen LogP contribution in [0.15, 0.2) is 0 Å². The van der Waals surface area contributed by atoms with Crippen molar-refractivity contribution in [3.8, 4) is 0 Å². The number of ether oxygens (including phenoxy) is 1. The largest absolute Gasteiger partial charge is 0.393 e. The van der Waals surface area contributed by atoms with Gasteiger partial charge in [0.2, 0.25) is 0 Å². The molecule has 0 aromatic rings. The summed E-state index contributed by atoms with van der Waals surface area (Å²) in [4.78, 5) is 0. The Morgan fingerprint density at radius 2 is 1.82 bits per heavy atom. The second-order valence-corrected chi connectivity index (χ2v) is 3.17. The summed E-state index contributed by atoms with van der Waals surface area (Å²) in [5.41, 5.74) is 0. The van der Waals surface area contributed by atoms with E-state index < -0.39 is 6.29 Å². The van der Waals surface area contributed by atoms with Crippen molar-refractivity contribution in [1.29, 1.82) is 0 Å². The van der Waals surface area contributed by atoms with Crippen LogP contribution in [0.5, 0.6) is 0 Å².